The number of amides is 1. The van der Waals surface area contributed by atoms with Gasteiger partial charge < -0.3 is 14.6 Å². The lowest BCUT2D eigenvalue weighted by molar-refractivity contribution is 0.102. The number of hydrogen-bond acceptors (Lipinski definition) is 6. The molecule has 0 aliphatic carbocycles. The van der Waals surface area contributed by atoms with E-state index >= 15 is 0 Å². The van der Waals surface area contributed by atoms with Gasteiger partial charge in [0, 0.05) is 43.8 Å². The van der Waals surface area contributed by atoms with E-state index in [4.69, 9.17) is 4.74 Å². The summed E-state index contributed by atoms with van der Waals surface area (Å²) in [4.78, 5) is 33.2. The lowest BCUT2D eigenvalue weighted by atomic mass is 10.2. The molecule has 0 aliphatic heterocycles. The van der Waals surface area contributed by atoms with Crippen molar-refractivity contribution in [3.63, 3.8) is 0 Å². The van der Waals surface area contributed by atoms with Crippen LogP contribution in [0.3, 0.4) is 0 Å². The Balaban J connectivity index is 1.46. The van der Waals surface area contributed by atoms with Gasteiger partial charge >= 0.3 is 0 Å². The summed E-state index contributed by atoms with van der Waals surface area (Å²) in [6, 6.07) is 10.1. The van der Waals surface area contributed by atoms with Gasteiger partial charge in [0.2, 0.25) is 0 Å². The van der Waals surface area contributed by atoms with E-state index in [-0.39, 0.29) is 11.1 Å². The van der Waals surface area contributed by atoms with Crippen molar-refractivity contribution in [1.82, 2.24) is 24.3 Å². The monoisotopic (exact) mass is 416 g/mol. The van der Waals surface area contributed by atoms with Crippen molar-refractivity contribution in [3.8, 4) is 22.8 Å². The first-order valence-electron chi connectivity index (χ1n) is 9.47. The minimum Gasteiger partial charge on any atom is -0.456 e. The second kappa shape index (κ2) is 8.23. The average molecular weight is 416 g/mol. The third kappa shape index (κ3) is 4.35. The van der Waals surface area contributed by atoms with E-state index in [1.807, 2.05) is 13.2 Å². The number of nitrogens with zero attached hydrogens (tertiary/aromatic N) is 5. The van der Waals surface area contributed by atoms with Crippen molar-refractivity contribution in [3.05, 3.63) is 82.8 Å². The second-order valence-corrected chi connectivity index (χ2v) is 6.97. The van der Waals surface area contributed by atoms with Crippen LogP contribution in [0.5, 0.6) is 11.5 Å². The first-order chi connectivity index (χ1) is 14.9. The van der Waals surface area contributed by atoms with Gasteiger partial charge in [-0.15, -0.1) is 0 Å². The fourth-order valence-electron chi connectivity index (χ4n) is 2.92. The standard InChI is InChI=1S/C22H20N6O3/c1-14-4-6-18(22(30)28(14)3)21(29)26-20-7-5-17(12-24-20)31-16-8-9-23-19(10-16)15-11-25-27(2)13-15/h4-13H,1-3H3,(H,24,26,29). The van der Waals surface area contributed by atoms with Gasteiger partial charge in [-0.1, -0.05) is 0 Å². The first kappa shape index (κ1) is 20.0. The van der Waals surface area contributed by atoms with Crippen molar-refractivity contribution in [2.24, 2.45) is 14.1 Å². The summed E-state index contributed by atoms with van der Waals surface area (Å²) in [5, 5.41) is 6.78. The van der Waals surface area contributed by atoms with Crippen molar-refractivity contribution in [2.75, 3.05) is 5.32 Å². The molecule has 0 aromatic carbocycles. The zero-order valence-electron chi connectivity index (χ0n) is 17.2. The number of anilines is 1. The molecule has 4 rings (SSSR count). The van der Waals surface area contributed by atoms with Gasteiger partial charge in [-0.25, -0.2) is 4.98 Å². The van der Waals surface area contributed by atoms with Gasteiger partial charge in [-0.3, -0.25) is 19.3 Å². The predicted octanol–water partition coefficient (Wildman–Crippen LogP) is 2.93. The molecule has 1 amide bonds. The van der Waals surface area contributed by atoms with Gasteiger partial charge in [0.15, 0.2) is 0 Å². The number of aromatic nitrogens is 5. The Bertz CT molecular complexity index is 1310. The highest BCUT2D eigenvalue weighted by atomic mass is 16.5. The number of carbonyl (C=O) groups is 1. The third-order valence-electron chi connectivity index (χ3n) is 4.75. The fourth-order valence-corrected chi connectivity index (χ4v) is 2.92. The zero-order valence-corrected chi connectivity index (χ0v) is 17.2. The molecule has 0 spiro atoms. The van der Waals surface area contributed by atoms with Crippen molar-refractivity contribution >= 4 is 11.7 Å². The summed E-state index contributed by atoms with van der Waals surface area (Å²) >= 11 is 0. The molecular weight excluding hydrogens is 396 g/mol. The zero-order chi connectivity index (χ0) is 22.0. The molecule has 0 saturated heterocycles. The van der Waals surface area contributed by atoms with Gasteiger partial charge in [0.1, 0.15) is 22.9 Å². The Hall–Kier alpha value is -4.27. The Labute approximate surface area is 178 Å². The van der Waals surface area contributed by atoms with E-state index in [0.717, 1.165) is 17.0 Å². The van der Waals surface area contributed by atoms with Crippen LogP contribution in [0.2, 0.25) is 0 Å². The highest BCUT2D eigenvalue weighted by molar-refractivity contribution is 6.03. The van der Waals surface area contributed by atoms with Crippen LogP contribution in [0.25, 0.3) is 11.3 Å². The highest BCUT2D eigenvalue weighted by Gasteiger charge is 2.13. The van der Waals surface area contributed by atoms with Crippen LogP contribution in [0.1, 0.15) is 16.1 Å². The number of pyridine rings is 3. The number of aryl methyl sites for hydroxylation is 2. The van der Waals surface area contributed by atoms with Crippen LogP contribution in [0.4, 0.5) is 5.82 Å². The molecule has 4 heterocycles. The molecule has 0 atom stereocenters. The van der Waals surface area contributed by atoms with Gasteiger partial charge in [0.05, 0.1) is 18.1 Å². The van der Waals surface area contributed by atoms with Crippen LogP contribution in [0.15, 0.2) is 66.0 Å². The molecule has 0 unspecified atom stereocenters. The molecule has 0 saturated carbocycles. The molecule has 9 heteroatoms. The van der Waals surface area contributed by atoms with Crippen LogP contribution in [-0.4, -0.2) is 30.2 Å². The van der Waals surface area contributed by atoms with E-state index in [9.17, 15) is 9.59 Å². The molecule has 156 valence electrons. The van der Waals surface area contributed by atoms with Gasteiger partial charge in [0.25, 0.3) is 11.5 Å². The summed E-state index contributed by atoms with van der Waals surface area (Å²) in [7, 11) is 3.46. The predicted molar refractivity (Wildman–Crippen MR) is 115 cm³/mol. The Morgan fingerprint density at radius 2 is 1.87 bits per heavy atom. The molecule has 0 radical (unpaired) electrons. The molecule has 1 N–H and O–H groups in total. The van der Waals surface area contributed by atoms with E-state index in [2.05, 4.69) is 20.4 Å². The summed E-state index contributed by atoms with van der Waals surface area (Å²) in [5.41, 5.74) is 2.08. The molecule has 4 aromatic heterocycles. The highest BCUT2D eigenvalue weighted by Crippen LogP contribution is 2.25. The van der Waals surface area contributed by atoms with Crippen LogP contribution in [0, 0.1) is 6.92 Å². The van der Waals surface area contributed by atoms with Crippen molar-refractivity contribution in [2.45, 2.75) is 6.92 Å². The maximum Gasteiger partial charge on any atom is 0.263 e. The molecule has 4 aromatic rings. The molecule has 0 aliphatic rings. The summed E-state index contributed by atoms with van der Waals surface area (Å²) in [6.45, 7) is 1.80. The Morgan fingerprint density at radius 1 is 1.03 bits per heavy atom. The van der Waals surface area contributed by atoms with Gasteiger partial charge in [-0.2, -0.15) is 5.10 Å². The maximum atomic E-state index is 12.4. The van der Waals surface area contributed by atoms with Gasteiger partial charge in [-0.05, 0) is 37.3 Å². The largest absolute Gasteiger partial charge is 0.456 e. The van der Waals surface area contributed by atoms with Crippen LogP contribution < -0.4 is 15.6 Å². The lowest BCUT2D eigenvalue weighted by Crippen LogP contribution is -2.28. The SMILES string of the molecule is Cc1ccc(C(=O)Nc2ccc(Oc3ccnc(-c4cnn(C)c4)c3)cn2)c(=O)n1C. The Morgan fingerprint density at radius 3 is 2.58 bits per heavy atom. The maximum absolute atomic E-state index is 12.4. The minimum absolute atomic E-state index is 0.0509. The molecule has 9 nitrogen and oxygen atoms in total. The smallest absolute Gasteiger partial charge is 0.263 e. The molecule has 0 bridgehead atoms. The number of carbonyl (C=O) groups excluding carboxylic acids is 1. The summed E-state index contributed by atoms with van der Waals surface area (Å²) < 4.78 is 8.97. The van der Waals surface area contributed by atoms with Crippen LogP contribution in [-0.2, 0) is 14.1 Å². The van der Waals surface area contributed by atoms with Crippen molar-refractivity contribution in [1.29, 1.82) is 0 Å². The quantitative estimate of drug-likeness (QED) is 0.536. The third-order valence-corrected chi connectivity index (χ3v) is 4.75. The van der Waals surface area contributed by atoms with E-state index < -0.39 is 5.91 Å². The van der Waals surface area contributed by atoms with Crippen molar-refractivity contribution < 1.29 is 9.53 Å². The summed E-state index contributed by atoms with van der Waals surface area (Å²) in [5.74, 6) is 0.881. The number of ether oxygens (including phenoxy) is 1. The summed E-state index contributed by atoms with van der Waals surface area (Å²) in [6.07, 6.45) is 6.74. The fraction of sp³-hybridized carbons (Fsp3) is 0.136. The number of rotatable bonds is 5. The van der Waals surface area contributed by atoms with Crippen LogP contribution >= 0.6 is 0 Å². The lowest BCUT2D eigenvalue weighted by Gasteiger charge is -2.09. The Kier molecular flexibility index (Phi) is 5.31. The molecular formula is C22H20N6O3. The van der Waals surface area contributed by atoms with E-state index in [0.29, 0.717) is 17.3 Å². The normalized spacial score (nSPS) is 10.7. The average Bonchev–Trinajstić information content (AvgIpc) is 3.20. The van der Waals surface area contributed by atoms with E-state index in [1.54, 1.807) is 61.4 Å². The van der Waals surface area contributed by atoms with E-state index in [1.165, 1.54) is 16.8 Å². The first-order valence-corrected chi connectivity index (χ1v) is 9.47. The topological polar surface area (TPSA) is 104 Å². The number of hydrogen-bond donors (Lipinski definition) is 1. The second-order valence-electron chi connectivity index (χ2n) is 6.97. The molecule has 31 heavy (non-hydrogen) atoms. The molecule has 0 fully saturated rings. The number of nitrogens with one attached hydrogen (secondary N) is 1. The minimum atomic E-state index is -0.517.